The van der Waals surface area contributed by atoms with E-state index < -0.39 is 5.91 Å². The molecule has 1 aromatic rings. The molecule has 0 aliphatic rings. The van der Waals surface area contributed by atoms with Crippen LogP contribution in [0.5, 0.6) is 0 Å². The van der Waals surface area contributed by atoms with Gasteiger partial charge in [0.15, 0.2) is 0 Å². The van der Waals surface area contributed by atoms with Crippen molar-refractivity contribution in [2.24, 2.45) is 16.6 Å². The Labute approximate surface area is 118 Å². The number of amides is 1. The summed E-state index contributed by atoms with van der Waals surface area (Å²) >= 11 is 0.766. The molecule has 19 heavy (non-hydrogen) atoms. The maximum atomic E-state index is 10.4. The van der Waals surface area contributed by atoms with Gasteiger partial charge in [-0.15, -0.1) is 0 Å². The van der Waals surface area contributed by atoms with Gasteiger partial charge in [-0.1, -0.05) is 0 Å². The van der Waals surface area contributed by atoms with Crippen molar-refractivity contribution in [3.8, 4) is 0 Å². The number of hydrogen-bond acceptors (Lipinski definition) is 6. The summed E-state index contributed by atoms with van der Waals surface area (Å²) in [5.74, 6) is -0.581. The molecule has 1 aromatic heterocycles. The lowest BCUT2D eigenvalue weighted by Crippen LogP contribution is -2.16. The highest BCUT2D eigenvalue weighted by molar-refractivity contribution is 8.01. The van der Waals surface area contributed by atoms with E-state index in [2.05, 4.69) is 4.98 Å². The fraction of sp³-hybridized carbons (Fsp3) is 0.250. The van der Waals surface area contributed by atoms with Crippen LogP contribution >= 0.6 is 11.9 Å². The quantitative estimate of drug-likeness (QED) is 0.377. The van der Waals surface area contributed by atoms with Gasteiger partial charge in [-0.2, -0.15) is 0 Å². The minimum Gasteiger partial charge on any atom is -0.401 e. The molecular weight excluding hydrogens is 262 g/mol. The van der Waals surface area contributed by atoms with Crippen LogP contribution in [0.25, 0.3) is 0 Å². The monoisotopic (exact) mass is 283 g/mol. The van der Waals surface area contributed by atoms with Crippen LogP contribution in [0, 0.1) is 12.3 Å². The van der Waals surface area contributed by atoms with Gasteiger partial charge in [0.05, 0.1) is 11.4 Å². The van der Waals surface area contributed by atoms with Gasteiger partial charge in [0.1, 0.15) is 4.91 Å². The van der Waals surface area contributed by atoms with E-state index in [0.717, 1.165) is 23.2 Å². The maximum absolute atomic E-state index is 10.4. The summed E-state index contributed by atoms with van der Waals surface area (Å²) in [5, 5.41) is 12.3. The Bertz CT molecular complexity index is 500. The predicted octanol–water partition coefficient (Wildman–Crippen LogP) is 1.29. The number of nitrogens with one attached hydrogen (secondary N) is 1. The number of carbonyl (C=O) groups is 1. The van der Waals surface area contributed by atoms with Crippen molar-refractivity contribution in [1.29, 1.82) is 5.41 Å². The molecule has 0 saturated heterocycles. The number of allylic oxidation sites excluding steroid dienone is 1. The van der Waals surface area contributed by atoms with E-state index in [1.165, 1.54) is 0 Å². The number of nitrogens with zero attached hydrogens (tertiary/aromatic N) is 1. The SMILES string of the molecule is C/C(N)=C(/SN)C(N)=O.CC(=N)c1cc(C)ccn1.[HH]. The molecule has 0 saturated carbocycles. The summed E-state index contributed by atoms with van der Waals surface area (Å²) in [6.45, 7) is 5.30. The molecule has 0 aromatic carbocycles. The van der Waals surface area contributed by atoms with Crippen LogP contribution in [0.1, 0.15) is 26.5 Å². The van der Waals surface area contributed by atoms with Gasteiger partial charge in [0, 0.05) is 13.3 Å². The Morgan fingerprint density at radius 3 is 2.21 bits per heavy atom. The van der Waals surface area contributed by atoms with Crippen molar-refractivity contribution in [3.63, 3.8) is 0 Å². The highest BCUT2D eigenvalue weighted by atomic mass is 32.2. The molecule has 0 bridgehead atoms. The van der Waals surface area contributed by atoms with Gasteiger partial charge >= 0.3 is 0 Å². The molecule has 7 N–H and O–H groups in total. The largest absolute Gasteiger partial charge is 0.401 e. The molecule has 0 aliphatic carbocycles. The Morgan fingerprint density at radius 2 is 2.00 bits per heavy atom. The number of aromatic nitrogens is 1. The average molecular weight is 283 g/mol. The van der Waals surface area contributed by atoms with E-state index in [1.807, 2.05) is 19.1 Å². The number of carbonyl (C=O) groups excluding carboxylic acids is 1. The van der Waals surface area contributed by atoms with Gasteiger partial charge in [0.25, 0.3) is 5.91 Å². The number of pyridine rings is 1. The summed E-state index contributed by atoms with van der Waals surface area (Å²) in [6.07, 6.45) is 1.72. The zero-order valence-electron chi connectivity index (χ0n) is 11.2. The van der Waals surface area contributed by atoms with E-state index in [-0.39, 0.29) is 6.33 Å². The Morgan fingerprint density at radius 1 is 1.42 bits per heavy atom. The van der Waals surface area contributed by atoms with E-state index in [1.54, 1.807) is 20.0 Å². The first kappa shape index (κ1) is 17.1. The van der Waals surface area contributed by atoms with Gasteiger partial charge in [-0.05, 0) is 50.4 Å². The van der Waals surface area contributed by atoms with Gasteiger partial charge in [0.2, 0.25) is 0 Å². The highest BCUT2D eigenvalue weighted by Crippen LogP contribution is 2.08. The predicted molar refractivity (Wildman–Crippen MR) is 81.5 cm³/mol. The minimum atomic E-state index is -0.581. The highest BCUT2D eigenvalue weighted by Gasteiger charge is 2.04. The molecule has 0 radical (unpaired) electrons. The number of rotatable bonds is 3. The first-order chi connectivity index (χ1) is 8.79. The number of aryl methyl sites for hydroxylation is 1. The number of hydrogen-bond donors (Lipinski definition) is 4. The molecule has 1 amide bonds. The third-order valence-corrected chi connectivity index (χ3v) is 2.76. The topological polar surface area (TPSA) is 132 Å². The molecule has 1 heterocycles. The standard InChI is InChI=1S/C8H10N2.C4H9N3OS.H2/c1-6-3-4-10-8(5-6)7(2)9;1-2(5)3(9-7)4(6)8;/h3-5,9H,1-2H3;5,7H2,1H3,(H2,6,8);1H/b;3-2-;. The van der Waals surface area contributed by atoms with Crippen molar-refractivity contribution in [1.82, 2.24) is 4.98 Å². The minimum absolute atomic E-state index is 0. The molecule has 6 nitrogen and oxygen atoms in total. The molecule has 0 unspecified atom stereocenters. The van der Waals surface area contributed by atoms with Crippen LogP contribution in [0.2, 0.25) is 0 Å². The Kier molecular flexibility index (Phi) is 7.47. The first-order valence-corrected chi connectivity index (χ1v) is 6.28. The molecular formula is C12H21N5OS. The van der Waals surface area contributed by atoms with Crippen molar-refractivity contribution in [3.05, 3.63) is 40.2 Å². The van der Waals surface area contributed by atoms with Crippen LogP contribution in [-0.4, -0.2) is 16.6 Å². The molecule has 1 rings (SSSR count). The Balaban J connectivity index is 0. The molecule has 0 fully saturated rings. The van der Waals surface area contributed by atoms with Crippen molar-refractivity contribution < 1.29 is 6.22 Å². The summed E-state index contributed by atoms with van der Waals surface area (Å²) in [5.41, 5.74) is 12.9. The van der Waals surface area contributed by atoms with E-state index in [4.69, 9.17) is 22.0 Å². The number of primary amides is 1. The summed E-state index contributed by atoms with van der Waals surface area (Å²) in [7, 11) is 0. The van der Waals surface area contributed by atoms with Crippen LogP contribution in [-0.2, 0) is 4.79 Å². The molecule has 7 heteroatoms. The third kappa shape index (κ3) is 6.58. The first-order valence-electron chi connectivity index (χ1n) is 5.40. The van der Waals surface area contributed by atoms with Crippen LogP contribution < -0.4 is 16.6 Å². The fourth-order valence-electron chi connectivity index (χ4n) is 1.09. The van der Waals surface area contributed by atoms with Crippen molar-refractivity contribution in [2.75, 3.05) is 0 Å². The third-order valence-electron chi connectivity index (χ3n) is 2.00. The van der Waals surface area contributed by atoms with E-state index in [0.29, 0.717) is 11.4 Å². The lowest BCUT2D eigenvalue weighted by Gasteiger charge is -1.98. The second kappa shape index (κ2) is 8.28. The number of nitrogens with two attached hydrogens (primary N) is 3. The van der Waals surface area contributed by atoms with Crippen LogP contribution in [0.3, 0.4) is 0 Å². The zero-order chi connectivity index (χ0) is 15.0. The summed E-state index contributed by atoms with van der Waals surface area (Å²) in [6, 6.07) is 3.83. The smallest absolute Gasteiger partial charge is 0.258 e. The molecule has 0 aliphatic heterocycles. The van der Waals surface area contributed by atoms with Crippen LogP contribution in [0.4, 0.5) is 0 Å². The van der Waals surface area contributed by atoms with Gasteiger partial charge < -0.3 is 16.9 Å². The molecule has 106 valence electrons. The normalized spacial score (nSPS) is 10.9. The fourth-order valence-corrected chi connectivity index (χ4v) is 1.39. The van der Waals surface area contributed by atoms with Gasteiger partial charge in [-0.3, -0.25) is 14.9 Å². The molecule has 0 atom stereocenters. The summed E-state index contributed by atoms with van der Waals surface area (Å²) < 4.78 is 0. The maximum Gasteiger partial charge on any atom is 0.258 e. The van der Waals surface area contributed by atoms with E-state index in [9.17, 15) is 4.79 Å². The lowest BCUT2D eigenvalue weighted by atomic mass is 10.2. The lowest BCUT2D eigenvalue weighted by molar-refractivity contribution is -0.113. The van der Waals surface area contributed by atoms with Crippen molar-refractivity contribution in [2.45, 2.75) is 20.8 Å². The van der Waals surface area contributed by atoms with Gasteiger partial charge in [-0.25, -0.2) is 0 Å². The van der Waals surface area contributed by atoms with Crippen molar-refractivity contribution >= 4 is 23.6 Å². The second-order valence-corrected chi connectivity index (χ2v) is 4.48. The molecule has 0 spiro atoms. The second-order valence-electron chi connectivity index (χ2n) is 3.84. The van der Waals surface area contributed by atoms with E-state index >= 15 is 0 Å². The summed E-state index contributed by atoms with van der Waals surface area (Å²) in [4.78, 5) is 14.6. The average Bonchev–Trinajstić information content (AvgIpc) is 2.29. The van der Waals surface area contributed by atoms with Crippen LogP contribution in [0.15, 0.2) is 28.9 Å². The Hall–Kier alpha value is -1.86. The zero-order valence-corrected chi connectivity index (χ0v) is 12.0.